The summed E-state index contributed by atoms with van der Waals surface area (Å²) in [5.74, 6) is 0. The van der Waals surface area contributed by atoms with Gasteiger partial charge >= 0.3 is 0 Å². The van der Waals surface area contributed by atoms with Gasteiger partial charge in [0.1, 0.15) is 0 Å². The van der Waals surface area contributed by atoms with Crippen LogP contribution in [0.15, 0.2) is 24.3 Å². The van der Waals surface area contributed by atoms with E-state index in [0.29, 0.717) is 6.04 Å². The Hall–Kier alpha value is -1.28. The smallest absolute Gasteiger partial charge is 0.0517 e. The summed E-state index contributed by atoms with van der Waals surface area (Å²) >= 11 is 0. The fourth-order valence-corrected chi connectivity index (χ4v) is 3.24. The van der Waals surface area contributed by atoms with Gasteiger partial charge in [-0.3, -0.25) is 0 Å². The maximum Gasteiger partial charge on any atom is 0.0517 e. The van der Waals surface area contributed by atoms with Crippen LogP contribution < -0.4 is 5.73 Å². The Bertz CT molecular complexity index is 539. The molecule has 0 bridgehead atoms. The summed E-state index contributed by atoms with van der Waals surface area (Å²) in [7, 11) is 0. The van der Waals surface area contributed by atoms with Gasteiger partial charge in [0.05, 0.1) is 5.52 Å². The highest BCUT2D eigenvalue weighted by atomic mass is 15.0. The van der Waals surface area contributed by atoms with Crippen LogP contribution in [0.2, 0.25) is 0 Å². The Labute approximate surface area is 102 Å². The predicted octanol–water partition coefficient (Wildman–Crippen LogP) is 3.18. The molecule has 17 heavy (non-hydrogen) atoms. The van der Waals surface area contributed by atoms with Crippen LogP contribution >= 0.6 is 0 Å². The maximum absolute atomic E-state index is 5.64. The Morgan fingerprint density at radius 2 is 2.29 bits per heavy atom. The van der Waals surface area contributed by atoms with E-state index in [1.807, 2.05) is 0 Å². The quantitative estimate of drug-likeness (QED) is 0.859. The number of nitrogens with two attached hydrogens (primary N) is 1. The third kappa shape index (κ3) is 1.67. The molecule has 2 heterocycles. The fourth-order valence-electron chi connectivity index (χ4n) is 3.24. The Balaban J connectivity index is 2.11. The largest absolute Gasteiger partial charge is 0.342 e. The summed E-state index contributed by atoms with van der Waals surface area (Å²) in [5, 5.41) is 1.40. The molecule has 1 aliphatic heterocycles. The van der Waals surface area contributed by atoms with E-state index >= 15 is 0 Å². The topological polar surface area (TPSA) is 30.9 Å². The standard InChI is InChI=1S/C15H20N2/c1-11-10-13-5-2-4-12-7-8-14(6-3-9-16)17(11)15(12)13/h2,4-5,10,14H,3,6-9,16H2,1H3. The van der Waals surface area contributed by atoms with E-state index in [-0.39, 0.29) is 0 Å². The molecule has 3 rings (SSSR count). The molecule has 90 valence electrons. The third-order valence-electron chi connectivity index (χ3n) is 3.99. The van der Waals surface area contributed by atoms with E-state index in [4.69, 9.17) is 5.73 Å². The molecule has 0 saturated heterocycles. The van der Waals surface area contributed by atoms with Gasteiger partial charge in [-0.1, -0.05) is 18.2 Å². The molecule has 1 unspecified atom stereocenters. The van der Waals surface area contributed by atoms with Crippen LogP contribution in [0.4, 0.5) is 0 Å². The number of aromatic nitrogens is 1. The van der Waals surface area contributed by atoms with Crippen LogP contribution in [0.5, 0.6) is 0 Å². The molecule has 2 nitrogen and oxygen atoms in total. The van der Waals surface area contributed by atoms with Gasteiger partial charge in [-0.15, -0.1) is 0 Å². The van der Waals surface area contributed by atoms with E-state index in [0.717, 1.165) is 13.0 Å². The van der Waals surface area contributed by atoms with E-state index < -0.39 is 0 Å². The molecule has 0 radical (unpaired) electrons. The van der Waals surface area contributed by atoms with Crippen molar-refractivity contribution >= 4 is 10.9 Å². The minimum atomic E-state index is 0.658. The number of hydrogen-bond acceptors (Lipinski definition) is 1. The zero-order valence-electron chi connectivity index (χ0n) is 10.4. The van der Waals surface area contributed by atoms with Crippen LogP contribution in [-0.2, 0) is 6.42 Å². The second-order valence-corrected chi connectivity index (χ2v) is 5.13. The minimum Gasteiger partial charge on any atom is -0.342 e. The maximum atomic E-state index is 5.64. The SMILES string of the molecule is Cc1cc2cccc3c2n1C(CCCN)CC3. The van der Waals surface area contributed by atoms with Gasteiger partial charge in [0.2, 0.25) is 0 Å². The first-order chi connectivity index (χ1) is 8.31. The van der Waals surface area contributed by atoms with E-state index in [2.05, 4.69) is 35.8 Å². The number of nitrogens with zero attached hydrogens (tertiary/aromatic N) is 1. The molecule has 0 fully saturated rings. The van der Waals surface area contributed by atoms with Gasteiger partial charge in [0, 0.05) is 17.1 Å². The van der Waals surface area contributed by atoms with Gasteiger partial charge in [-0.25, -0.2) is 0 Å². The van der Waals surface area contributed by atoms with Crippen molar-refractivity contribution in [2.75, 3.05) is 6.54 Å². The highest BCUT2D eigenvalue weighted by Gasteiger charge is 2.22. The number of benzene rings is 1. The molecule has 0 amide bonds. The Kier molecular flexibility index (Phi) is 2.67. The van der Waals surface area contributed by atoms with Crippen molar-refractivity contribution in [3.8, 4) is 0 Å². The van der Waals surface area contributed by atoms with Gasteiger partial charge in [-0.05, 0) is 50.8 Å². The first kappa shape index (κ1) is 10.8. The van der Waals surface area contributed by atoms with Crippen molar-refractivity contribution in [1.82, 2.24) is 4.57 Å². The Morgan fingerprint density at radius 1 is 1.41 bits per heavy atom. The van der Waals surface area contributed by atoms with Gasteiger partial charge < -0.3 is 10.3 Å². The van der Waals surface area contributed by atoms with E-state index in [1.165, 1.54) is 41.4 Å². The second-order valence-electron chi connectivity index (χ2n) is 5.13. The number of aryl methyl sites for hydroxylation is 2. The number of hydrogen-bond donors (Lipinski definition) is 1. The van der Waals surface area contributed by atoms with Crippen molar-refractivity contribution in [3.05, 3.63) is 35.5 Å². The van der Waals surface area contributed by atoms with Crippen molar-refractivity contribution in [3.63, 3.8) is 0 Å². The molecule has 2 aromatic rings. The first-order valence-electron chi connectivity index (χ1n) is 6.61. The second kappa shape index (κ2) is 4.19. The molecule has 0 aliphatic carbocycles. The normalized spacial score (nSPS) is 18.8. The summed E-state index contributed by atoms with van der Waals surface area (Å²) in [4.78, 5) is 0. The predicted molar refractivity (Wildman–Crippen MR) is 72.3 cm³/mol. The van der Waals surface area contributed by atoms with Crippen molar-refractivity contribution < 1.29 is 0 Å². The monoisotopic (exact) mass is 228 g/mol. The fraction of sp³-hybridized carbons (Fsp3) is 0.467. The summed E-state index contributed by atoms with van der Waals surface area (Å²) in [6, 6.07) is 9.66. The van der Waals surface area contributed by atoms with Crippen LogP contribution in [0.1, 0.15) is 36.6 Å². The molecule has 2 heteroatoms. The highest BCUT2D eigenvalue weighted by Crippen LogP contribution is 2.35. The minimum absolute atomic E-state index is 0.658. The van der Waals surface area contributed by atoms with E-state index in [1.54, 1.807) is 0 Å². The average Bonchev–Trinajstić information content (AvgIpc) is 2.68. The van der Waals surface area contributed by atoms with Crippen LogP contribution in [0, 0.1) is 6.92 Å². The molecular weight excluding hydrogens is 208 g/mol. The van der Waals surface area contributed by atoms with Crippen molar-refractivity contribution in [2.45, 2.75) is 38.6 Å². The lowest BCUT2D eigenvalue weighted by Crippen LogP contribution is -2.17. The number of para-hydroxylation sites is 1. The molecular formula is C15H20N2. The van der Waals surface area contributed by atoms with Gasteiger partial charge in [0.15, 0.2) is 0 Å². The van der Waals surface area contributed by atoms with Crippen LogP contribution in [0.3, 0.4) is 0 Å². The van der Waals surface area contributed by atoms with Crippen molar-refractivity contribution in [2.24, 2.45) is 5.73 Å². The summed E-state index contributed by atoms with van der Waals surface area (Å²) in [6.45, 7) is 3.03. The summed E-state index contributed by atoms with van der Waals surface area (Å²) < 4.78 is 2.55. The molecule has 2 N–H and O–H groups in total. The average molecular weight is 228 g/mol. The Morgan fingerprint density at radius 3 is 3.12 bits per heavy atom. The van der Waals surface area contributed by atoms with Gasteiger partial charge in [0.25, 0.3) is 0 Å². The molecule has 1 atom stereocenters. The molecule has 1 aromatic heterocycles. The lowest BCUT2D eigenvalue weighted by Gasteiger charge is -2.27. The van der Waals surface area contributed by atoms with Gasteiger partial charge in [-0.2, -0.15) is 0 Å². The summed E-state index contributed by atoms with van der Waals surface area (Å²) in [6.07, 6.45) is 4.83. The number of rotatable bonds is 3. The zero-order chi connectivity index (χ0) is 11.8. The molecule has 0 spiro atoms. The van der Waals surface area contributed by atoms with E-state index in [9.17, 15) is 0 Å². The van der Waals surface area contributed by atoms with Crippen LogP contribution in [-0.4, -0.2) is 11.1 Å². The summed E-state index contributed by atoms with van der Waals surface area (Å²) in [5.41, 5.74) is 10.0. The lowest BCUT2D eigenvalue weighted by molar-refractivity contribution is 0.418. The van der Waals surface area contributed by atoms with Crippen molar-refractivity contribution in [1.29, 1.82) is 0 Å². The zero-order valence-corrected chi connectivity index (χ0v) is 10.4. The molecule has 1 aliphatic rings. The first-order valence-corrected chi connectivity index (χ1v) is 6.61. The lowest BCUT2D eigenvalue weighted by atomic mass is 9.96. The third-order valence-corrected chi connectivity index (χ3v) is 3.99. The molecule has 1 aromatic carbocycles. The molecule has 0 saturated carbocycles. The van der Waals surface area contributed by atoms with Crippen LogP contribution in [0.25, 0.3) is 10.9 Å². The highest BCUT2D eigenvalue weighted by molar-refractivity contribution is 5.85.